The number of nitrogens with one attached hydrogen (secondary N) is 1. The van der Waals surface area contributed by atoms with Crippen molar-refractivity contribution in [3.05, 3.63) is 47.0 Å². The molecule has 0 aliphatic carbocycles. The molecule has 1 aromatic carbocycles. The summed E-state index contributed by atoms with van der Waals surface area (Å²) in [7, 11) is 3.25. The van der Waals surface area contributed by atoms with E-state index in [-0.39, 0.29) is 0 Å². The summed E-state index contributed by atoms with van der Waals surface area (Å²) in [4.78, 5) is 15.7. The lowest BCUT2D eigenvalue weighted by Gasteiger charge is -2.11. The van der Waals surface area contributed by atoms with Crippen LogP contribution in [-0.2, 0) is 18.3 Å². The van der Waals surface area contributed by atoms with Crippen LogP contribution in [0.25, 0.3) is 0 Å². The van der Waals surface area contributed by atoms with E-state index in [9.17, 15) is 4.79 Å². The lowest BCUT2D eigenvalue weighted by atomic mass is 10.1. The molecule has 0 aliphatic heterocycles. The number of hydrogen-bond donors (Lipinski definition) is 1. The summed E-state index contributed by atoms with van der Waals surface area (Å²) in [5.74, 6) is -0.399. The number of halogens is 1. The topological polar surface area (TPSA) is 56.1 Å². The first-order chi connectivity index (χ1) is 9.11. The molecule has 5 nitrogen and oxygen atoms in total. The zero-order valence-electron chi connectivity index (χ0n) is 10.7. The Hall–Kier alpha value is -2.01. The van der Waals surface area contributed by atoms with Crippen molar-refractivity contribution in [2.24, 2.45) is 7.05 Å². The summed E-state index contributed by atoms with van der Waals surface area (Å²) in [6.45, 7) is 0.542. The summed E-state index contributed by atoms with van der Waals surface area (Å²) in [6, 6.07) is 4.99. The number of carbonyl (C=O) groups excluding carboxylic acids is 1. The van der Waals surface area contributed by atoms with E-state index in [1.54, 1.807) is 30.7 Å². The third-order valence-corrected chi connectivity index (χ3v) is 3.00. The summed E-state index contributed by atoms with van der Waals surface area (Å²) in [5, 5.41) is 3.72. The number of methoxy groups -OCH3 is 1. The Morgan fingerprint density at radius 1 is 1.53 bits per heavy atom. The molecule has 0 saturated heterocycles. The van der Waals surface area contributed by atoms with Gasteiger partial charge in [-0.25, -0.2) is 9.78 Å². The van der Waals surface area contributed by atoms with Gasteiger partial charge >= 0.3 is 5.97 Å². The fraction of sp³-hybridized carbons (Fsp3) is 0.231. The number of benzene rings is 1. The van der Waals surface area contributed by atoms with Crippen LogP contribution < -0.4 is 5.32 Å². The zero-order chi connectivity index (χ0) is 13.8. The molecule has 2 aromatic rings. The second-order valence-electron chi connectivity index (χ2n) is 4.03. The van der Waals surface area contributed by atoms with E-state index < -0.39 is 5.97 Å². The van der Waals surface area contributed by atoms with Crippen LogP contribution in [0.1, 0.15) is 16.1 Å². The van der Waals surface area contributed by atoms with Gasteiger partial charge in [-0.3, -0.25) is 0 Å². The Morgan fingerprint density at radius 2 is 2.32 bits per heavy atom. The van der Waals surface area contributed by atoms with Crippen molar-refractivity contribution >= 4 is 23.3 Å². The van der Waals surface area contributed by atoms with Crippen molar-refractivity contribution in [2.45, 2.75) is 6.54 Å². The highest BCUT2D eigenvalue weighted by molar-refractivity contribution is 6.31. The minimum atomic E-state index is -0.399. The molecular weight excluding hydrogens is 266 g/mol. The second-order valence-corrected chi connectivity index (χ2v) is 4.47. The van der Waals surface area contributed by atoms with E-state index in [4.69, 9.17) is 16.3 Å². The number of anilines is 1. The van der Waals surface area contributed by atoms with Gasteiger partial charge < -0.3 is 14.6 Å². The van der Waals surface area contributed by atoms with Crippen LogP contribution in [0.4, 0.5) is 5.69 Å². The Balaban J connectivity index is 2.21. The zero-order valence-corrected chi connectivity index (χ0v) is 11.4. The molecule has 0 spiro atoms. The van der Waals surface area contributed by atoms with Gasteiger partial charge in [-0.2, -0.15) is 0 Å². The number of nitrogens with zero attached hydrogens (tertiary/aromatic N) is 2. The van der Waals surface area contributed by atoms with Gasteiger partial charge in [0.2, 0.25) is 0 Å². The molecule has 0 unspecified atom stereocenters. The second kappa shape index (κ2) is 5.75. The predicted octanol–water partition coefficient (Wildman–Crippen LogP) is 2.47. The summed E-state index contributed by atoms with van der Waals surface area (Å²) >= 11 is 5.95. The lowest BCUT2D eigenvalue weighted by molar-refractivity contribution is 0.0602. The van der Waals surface area contributed by atoms with Gasteiger partial charge in [0.15, 0.2) is 0 Å². The molecule has 6 heteroatoms. The summed E-state index contributed by atoms with van der Waals surface area (Å²) in [5.41, 5.74) is 2.09. The Morgan fingerprint density at radius 3 is 2.95 bits per heavy atom. The third kappa shape index (κ3) is 3.06. The van der Waals surface area contributed by atoms with Gasteiger partial charge in [-0.15, -0.1) is 0 Å². The van der Waals surface area contributed by atoms with E-state index in [0.717, 1.165) is 5.69 Å². The molecule has 0 atom stereocenters. The van der Waals surface area contributed by atoms with Crippen molar-refractivity contribution in [1.82, 2.24) is 9.55 Å². The smallest absolute Gasteiger partial charge is 0.339 e. The highest BCUT2D eigenvalue weighted by atomic mass is 35.5. The largest absolute Gasteiger partial charge is 0.465 e. The van der Waals surface area contributed by atoms with Crippen LogP contribution in [0.15, 0.2) is 30.7 Å². The van der Waals surface area contributed by atoms with Crippen LogP contribution in [0.3, 0.4) is 0 Å². The highest BCUT2D eigenvalue weighted by Crippen LogP contribution is 2.22. The number of ether oxygens (including phenoxy) is 1. The first-order valence-corrected chi connectivity index (χ1v) is 6.06. The number of imidazole rings is 1. The summed E-state index contributed by atoms with van der Waals surface area (Å²) < 4.78 is 6.64. The quantitative estimate of drug-likeness (QED) is 0.874. The van der Waals surface area contributed by atoms with E-state index in [1.807, 2.05) is 11.6 Å². The molecule has 0 fully saturated rings. The molecular formula is C13H14ClN3O2. The van der Waals surface area contributed by atoms with E-state index in [0.29, 0.717) is 22.8 Å². The molecule has 1 heterocycles. The maximum atomic E-state index is 11.7. The van der Waals surface area contributed by atoms with Gasteiger partial charge in [0, 0.05) is 18.3 Å². The first kappa shape index (κ1) is 13.4. The van der Waals surface area contributed by atoms with Gasteiger partial charge in [0.05, 0.1) is 36.9 Å². The van der Waals surface area contributed by atoms with Gasteiger partial charge in [-0.1, -0.05) is 11.6 Å². The normalized spacial score (nSPS) is 10.3. The molecule has 19 heavy (non-hydrogen) atoms. The van der Waals surface area contributed by atoms with Crippen molar-refractivity contribution in [3.8, 4) is 0 Å². The average molecular weight is 280 g/mol. The summed E-state index contributed by atoms with van der Waals surface area (Å²) in [6.07, 6.45) is 3.48. The minimum Gasteiger partial charge on any atom is -0.465 e. The maximum absolute atomic E-state index is 11.7. The molecule has 0 amide bonds. The van der Waals surface area contributed by atoms with Crippen LogP contribution in [0.5, 0.6) is 0 Å². The standard InChI is InChI=1S/C13H14ClN3O2/c1-17-8-15-6-10(17)7-16-12-5-9(14)3-4-11(12)13(18)19-2/h3-6,8,16H,7H2,1-2H3. The number of esters is 1. The SMILES string of the molecule is COC(=O)c1ccc(Cl)cc1NCc1cncn1C. The average Bonchev–Trinajstić information content (AvgIpc) is 2.81. The van der Waals surface area contributed by atoms with E-state index in [2.05, 4.69) is 10.3 Å². The number of aromatic nitrogens is 2. The van der Waals surface area contributed by atoms with Crippen LogP contribution >= 0.6 is 11.6 Å². The molecule has 0 saturated carbocycles. The maximum Gasteiger partial charge on any atom is 0.339 e. The van der Waals surface area contributed by atoms with Crippen LogP contribution in [-0.4, -0.2) is 22.6 Å². The van der Waals surface area contributed by atoms with E-state index in [1.165, 1.54) is 7.11 Å². The minimum absolute atomic E-state index is 0.399. The third-order valence-electron chi connectivity index (χ3n) is 2.76. The predicted molar refractivity (Wildman–Crippen MR) is 73.3 cm³/mol. The molecule has 1 aromatic heterocycles. The number of hydrogen-bond acceptors (Lipinski definition) is 4. The highest BCUT2D eigenvalue weighted by Gasteiger charge is 2.12. The molecule has 0 bridgehead atoms. The van der Waals surface area contributed by atoms with Gasteiger partial charge in [-0.05, 0) is 18.2 Å². The lowest BCUT2D eigenvalue weighted by Crippen LogP contribution is -2.09. The Bertz CT molecular complexity index is 595. The Kier molecular flexibility index (Phi) is 4.06. The number of carbonyl (C=O) groups is 1. The van der Waals surface area contributed by atoms with Crippen LogP contribution in [0, 0.1) is 0 Å². The molecule has 100 valence electrons. The van der Waals surface area contributed by atoms with E-state index >= 15 is 0 Å². The van der Waals surface area contributed by atoms with Crippen LogP contribution in [0.2, 0.25) is 5.02 Å². The molecule has 0 aliphatic rings. The monoisotopic (exact) mass is 279 g/mol. The molecule has 2 rings (SSSR count). The first-order valence-electron chi connectivity index (χ1n) is 5.68. The Labute approximate surface area is 116 Å². The fourth-order valence-corrected chi connectivity index (χ4v) is 1.86. The van der Waals surface area contributed by atoms with Gasteiger partial charge in [0.1, 0.15) is 0 Å². The fourth-order valence-electron chi connectivity index (χ4n) is 1.69. The van der Waals surface area contributed by atoms with Crippen molar-refractivity contribution < 1.29 is 9.53 Å². The molecule has 1 N–H and O–H groups in total. The van der Waals surface area contributed by atoms with Crippen molar-refractivity contribution in [2.75, 3.05) is 12.4 Å². The van der Waals surface area contributed by atoms with Gasteiger partial charge in [0.25, 0.3) is 0 Å². The molecule has 0 radical (unpaired) electrons. The number of rotatable bonds is 4. The van der Waals surface area contributed by atoms with Crippen molar-refractivity contribution in [1.29, 1.82) is 0 Å². The van der Waals surface area contributed by atoms with Crippen molar-refractivity contribution in [3.63, 3.8) is 0 Å². The number of aryl methyl sites for hydroxylation is 1.